The summed E-state index contributed by atoms with van der Waals surface area (Å²) >= 11 is 0. The third-order valence-corrected chi connectivity index (χ3v) is 5.18. The van der Waals surface area contributed by atoms with Crippen molar-refractivity contribution in [1.29, 1.82) is 5.26 Å². The fraction of sp³-hybridized carbons (Fsp3) is 0.0385. The molecule has 0 saturated carbocycles. The Bertz CT molecular complexity index is 1330. The summed E-state index contributed by atoms with van der Waals surface area (Å²) in [6.45, 7) is 0. The van der Waals surface area contributed by atoms with Crippen molar-refractivity contribution in [3.8, 4) is 28.8 Å². The molecule has 0 aliphatic carbocycles. The van der Waals surface area contributed by atoms with Crippen LogP contribution in [0.15, 0.2) is 104 Å². The number of nitriles is 1. The average Bonchev–Trinajstić information content (AvgIpc) is 3.31. The van der Waals surface area contributed by atoms with Crippen LogP contribution in [0.25, 0.3) is 22.8 Å². The van der Waals surface area contributed by atoms with E-state index in [9.17, 15) is 5.26 Å². The van der Waals surface area contributed by atoms with Gasteiger partial charge in [-0.1, -0.05) is 60.7 Å². The van der Waals surface area contributed by atoms with E-state index >= 15 is 0 Å². The summed E-state index contributed by atoms with van der Waals surface area (Å²) in [5.74, 6) is 1.25. The summed E-state index contributed by atoms with van der Waals surface area (Å²) in [6.07, 6.45) is 5.07. The SMILES string of the molecule is N#Cc1cc(-c2nc(-c3ccncc3)nn2C(c2ccccc2)c2ccccc2)ccn1. The van der Waals surface area contributed by atoms with E-state index in [1.165, 1.54) is 0 Å². The first-order chi connectivity index (χ1) is 15.8. The zero-order valence-electron chi connectivity index (χ0n) is 17.1. The predicted octanol–water partition coefficient (Wildman–Crippen LogP) is 4.91. The lowest BCUT2D eigenvalue weighted by molar-refractivity contribution is 0.602. The average molecular weight is 414 g/mol. The van der Waals surface area contributed by atoms with Crippen LogP contribution in [0.5, 0.6) is 0 Å². The van der Waals surface area contributed by atoms with Crippen molar-refractivity contribution in [3.63, 3.8) is 0 Å². The molecule has 0 unspecified atom stereocenters. The Morgan fingerprint density at radius 1 is 0.750 bits per heavy atom. The first-order valence-electron chi connectivity index (χ1n) is 10.2. The van der Waals surface area contributed by atoms with Crippen LogP contribution in [0, 0.1) is 11.3 Å². The molecule has 0 amide bonds. The van der Waals surface area contributed by atoms with E-state index in [0.717, 1.165) is 22.3 Å². The van der Waals surface area contributed by atoms with Gasteiger partial charge in [0.25, 0.3) is 0 Å². The zero-order chi connectivity index (χ0) is 21.8. The van der Waals surface area contributed by atoms with Crippen molar-refractivity contribution in [2.45, 2.75) is 6.04 Å². The Hall–Kier alpha value is -4.63. The number of aromatic nitrogens is 5. The molecule has 0 bridgehead atoms. The molecule has 0 aliphatic rings. The molecule has 5 rings (SSSR count). The minimum atomic E-state index is -0.200. The van der Waals surface area contributed by atoms with Gasteiger partial charge in [-0.15, -0.1) is 5.10 Å². The van der Waals surface area contributed by atoms with Gasteiger partial charge in [0.05, 0.1) is 0 Å². The quantitative estimate of drug-likeness (QED) is 0.408. The molecule has 0 atom stereocenters. The molecular formula is C26H18N6. The van der Waals surface area contributed by atoms with Crippen LogP contribution < -0.4 is 0 Å². The van der Waals surface area contributed by atoms with Gasteiger partial charge in [-0.3, -0.25) is 4.98 Å². The smallest absolute Gasteiger partial charge is 0.181 e. The van der Waals surface area contributed by atoms with Gasteiger partial charge in [-0.25, -0.2) is 14.6 Å². The second-order valence-corrected chi connectivity index (χ2v) is 7.20. The Labute approximate surface area is 185 Å². The Morgan fingerprint density at radius 2 is 1.38 bits per heavy atom. The molecule has 0 fully saturated rings. The van der Waals surface area contributed by atoms with Crippen LogP contribution in [0.1, 0.15) is 22.9 Å². The minimum Gasteiger partial charge on any atom is -0.265 e. The summed E-state index contributed by atoms with van der Waals surface area (Å²) < 4.78 is 1.93. The summed E-state index contributed by atoms with van der Waals surface area (Å²) in [4.78, 5) is 13.1. The number of hydrogen-bond acceptors (Lipinski definition) is 5. The molecule has 0 N–H and O–H groups in total. The summed E-state index contributed by atoms with van der Waals surface area (Å²) in [7, 11) is 0. The number of nitrogens with zero attached hydrogens (tertiary/aromatic N) is 6. The minimum absolute atomic E-state index is 0.200. The highest BCUT2D eigenvalue weighted by Crippen LogP contribution is 2.32. The van der Waals surface area contributed by atoms with E-state index in [1.807, 2.05) is 59.3 Å². The molecule has 6 heteroatoms. The molecule has 3 heterocycles. The molecule has 2 aromatic carbocycles. The molecule has 0 aliphatic heterocycles. The number of hydrogen-bond donors (Lipinski definition) is 0. The van der Waals surface area contributed by atoms with Gasteiger partial charge >= 0.3 is 0 Å². The third kappa shape index (κ3) is 3.75. The third-order valence-electron chi connectivity index (χ3n) is 5.18. The molecular weight excluding hydrogens is 396 g/mol. The molecule has 6 nitrogen and oxygen atoms in total. The monoisotopic (exact) mass is 414 g/mol. The van der Waals surface area contributed by atoms with E-state index in [1.54, 1.807) is 24.7 Å². The van der Waals surface area contributed by atoms with Crippen LogP contribution in [0.2, 0.25) is 0 Å². The zero-order valence-corrected chi connectivity index (χ0v) is 17.1. The van der Waals surface area contributed by atoms with Crippen LogP contribution in [0.4, 0.5) is 0 Å². The highest BCUT2D eigenvalue weighted by molar-refractivity contribution is 5.62. The first kappa shape index (κ1) is 19.3. The summed E-state index contributed by atoms with van der Waals surface area (Å²) in [6, 6.07) is 29.7. The summed E-state index contributed by atoms with van der Waals surface area (Å²) in [5.41, 5.74) is 4.15. The van der Waals surface area contributed by atoms with Crippen LogP contribution in [-0.2, 0) is 0 Å². The molecule has 32 heavy (non-hydrogen) atoms. The maximum Gasteiger partial charge on any atom is 0.181 e. The first-order valence-corrected chi connectivity index (χ1v) is 10.2. The fourth-order valence-corrected chi connectivity index (χ4v) is 3.70. The largest absolute Gasteiger partial charge is 0.265 e. The summed E-state index contributed by atoms with van der Waals surface area (Å²) in [5, 5.41) is 14.3. The van der Waals surface area contributed by atoms with Crippen molar-refractivity contribution in [2.75, 3.05) is 0 Å². The normalized spacial score (nSPS) is 10.8. The second kappa shape index (κ2) is 8.62. The van der Waals surface area contributed by atoms with E-state index in [4.69, 9.17) is 10.1 Å². The highest BCUT2D eigenvalue weighted by Gasteiger charge is 2.24. The Kier molecular flexibility index (Phi) is 5.21. The molecule has 5 aromatic rings. The van der Waals surface area contributed by atoms with Crippen molar-refractivity contribution >= 4 is 0 Å². The van der Waals surface area contributed by atoms with Crippen LogP contribution >= 0.6 is 0 Å². The van der Waals surface area contributed by atoms with Crippen LogP contribution in [0.3, 0.4) is 0 Å². The molecule has 0 spiro atoms. The Balaban J connectivity index is 1.77. The molecule has 0 radical (unpaired) electrons. The second-order valence-electron chi connectivity index (χ2n) is 7.20. The van der Waals surface area contributed by atoms with E-state index < -0.39 is 0 Å². The number of benzene rings is 2. The van der Waals surface area contributed by atoms with E-state index in [-0.39, 0.29) is 6.04 Å². The Morgan fingerprint density at radius 3 is 2.00 bits per heavy atom. The fourth-order valence-electron chi connectivity index (χ4n) is 3.70. The van der Waals surface area contributed by atoms with E-state index in [0.29, 0.717) is 17.3 Å². The van der Waals surface area contributed by atoms with Gasteiger partial charge in [0.15, 0.2) is 11.6 Å². The van der Waals surface area contributed by atoms with Gasteiger partial charge in [0, 0.05) is 29.7 Å². The van der Waals surface area contributed by atoms with E-state index in [2.05, 4.69) is 40.3 Å². The topological polar surface area (TPSA) is 80.3 Å². The van der Waals surface area contributed by atoms with Gasteiger partial charge in [0.1, 0.15) is 17.8 Å². The standard InChI is InChI=1S/C26H18N6/c27-18-23-17-22(13-16-29-23)26-30-25(21-11-14-28-15-12-21)31-32(26)24(19-7-3-1-4-8-19)20-9-5-2-6-10-20/h1-17,24H. The van der Waals surface area contributed by atoms with Gasteiger partial charge in [-0.2, -0.15) is 5.26 Å². The van der Waals surface area contributed by atoms with Gasteiger partial charge < -0.3 is 0 Å². The highest BCUT2D eigenvalue weighted by atomic mass is 15.4. The maximum absolute atomic E-state index is 9.36. The van der Waals surface area contributed by atoms with Crippen molar-refractivity contribution in [3.05, 3.63) is 120 Å². The molecule has 0 saturated heterocycles. The lowest BCUT2D eigenvalue weighted by Gasteiger charge is -2.20. The lowest BCUT2D eigenvalue weighted by Crippen LogP contribution is -2.15. The molecule has 152 valence electrons. The molecule has 3 aromatic heterocycles. The lowest BCUT2D eigenvalue weighted by atomic mass is 9.98. The predicted molar refractivity (Wildman–Crippen MR) is 121 cm³/mol. The van der Waals surface area contributed by atoms with Gasteiger partial charge in [-0.05, 0) is 35.4 Å². The van der Waals surface area contributed by atoms with Crippen molar-refractivity contribution in [1.82, 2.24) is 24.7 Å². The van der Waals surface area contributed by atoms with Crippen molar-refractivity contribution in [2.24, 2.45) is 0 Å². The van der Waals surface area contributed by atoms with Crippen molar-refractivity contribution < 1.29 is 0 Å². The van der Waals surface area contributed by atoms with Gasteiger partial charge in [0.2, 0.25) is 0 Å². The number of pyridine rings is 2. The van der Waals surface area contributed by atoms with Crippen LogP contribution in [-0.4, -0.2) is 24.7 Å². The number of rotatable bonds is 5. The maximum atomic E-state index is 9.36.